The van der Waals surface area contributed by atoms with Crippen LogP contribution in [-0.2, 0) is 0 Å². The second-order valence-electron chi connectivity index (χ2n) is 0. The van der Waals surface area contributed by atoms with Crippen molar-refractivity contribution in [1.82, 2.24) is 0 Å². The fourth-order valence-electron chi connectivity index (χ4n) is 0. The first-order valence-electron chi connectivity index (χ1n) is 0. The molecule has 0 saturated carbocycles. The SMILES string of the molecule is [Ca].[Ca].[Ca].[K]. The molecule has 4 heavy (non-hydrogen) atoms. The van der Waals surface area contributed by atoms with Crippen molar-refractivity contribution in [3.8, 4) is 0 Å². The van der Waals surface area contributed by atoms with Crippen LogP contribution in [0.15, 0.2) is 0 Å². The van der Waals surface area contributed by atoms with Gasteiger partial charge in [0.15, 0.2) is 0 Å². The molecule has 0 aliphatic carbocycles. The minimum absolute atomic E-state index is 0. The molecule has 0 nitrogen and oxygen atoms in total. The summed E-state index contributed by atoms with van der Waals surface area (Å²) in [5.74, 6) is 0. The largest absolute Gasteiger partial charge is 0 e. The van der Waals surface area contributed by atoms with Crippen LogP contribution in [0.25, 0.3) is 0 Å². The molecule has 0 heterocycles. The maximum atomic E-state index is 0. The van der Waals surface area contributed by atoms with Crippen molar-refractivity contribution < 1.29 is 0 Å². The molecule has 0 bridgehead atoms. The van der Waals surface area contributed by atoms with Crippen molar-refractivity contribution >= 4 is 165 Å². The van der Waals surface area contributed by atoms with Gasteiger partial charge in [0, 0.05) is 165 Å². The summed E-state index contributed by atoms with van der Waals surface area (Å²) in [6, 6.07) is 0. The van der Waals surface area contributed by atoms with Crippen molar-refractivity contribution in [3.63, 3.8) is 0 Å². The Hall–Kier alpha value is 5.42. The second kappa shape index (κ2) is 15.8. The van der Waals surface area contributed by atoms with Crippen LogP contribution >= 0.6 is 0 Å². The van der Waals surface area contributed by atoms with E-state index in [-0.39, 0.29) is 165 Å². The van der Waals surface area contributed by atoms with Crippen molar-refractivity contribution in [1.29, 1.82) is 0 Å². The number of hydrogen-bond acceptors (Lipinski definition) is 0. The van der Waals surface area contributed by atoms with E-state index in [0.717, 1.165) is 0 Å². The molecule has 0 rings (SSSR count). The zero-order chi connectivity index (χ0) is 0. The molecule has 0 aliphatic rings. The predicted octanol–water partition coefficient (Wildman–Crippen LogP) is -1.52. The van der Waals surface area contributed by atoms with Gasteiger partial charge in [-0.05, 0) is 0 Å². The van der Waals surface area contributed by atoms with E-state index < -0.39 is 0 Å². The van der Waals surface area contributed by atoms with E-state index in [9.17, 15) is 0 Å². The Balaban J connectivity index is 0. The molecule has 0 atom stereocenters. The molecule has 4 heteroatoms. The molecule has 7 valence electrons. The Morgan fingerprint density at radius 3 is 0.500 bits per heavy atom. The Bertz CT molecular complexity index is 3.25. The Morgan fingerprint density at radius 1 is 0.500 bits per heavy atom. The molecule has 0 aromatic carbocycles. The van der Waals surface area contributed by atoms with Gasteiger partial charge in [-0.1, -0.05) is 0 Å². The Morgan fingerprint density at radius 2 is 0.500 bits per heavy atom. The van der Waals surface area contributed by atoms with Crippen LogP contribution in [0.3, 0.4) is 0 Å². The summed E-state index contributed by atoms with van der Waals surface area (Å²) in [4.78, 5) is 0. The van der Waals surface area contributed by atoms with Crippen LogP contribution < -0.4 is 0 Å². The summed E-state index contributed by atoms with van der Waals surface area (Å²) in [6.07, 6.45) is 0. The van der Waals surface area contributed by atoms with Gasteiger partial charge in [0.25, 0.3) is 0 Å². The predicted molar refractivity (Wildman–Crippen MR) is 23.0 cm³/mol. The molecule has 0 saturated heterocycles. The van der Waals surface area contributed by atoms with Crippen LogP contribution in [0, 0.1) is 0 Å². The van der Waals surface area contributed by atoms with Crippen LogP contribution in [0.4, 0.5) is 0 Å². The summed E-state index contributed by atoms with van der Waals surface area (Å²) < 4.78 is 0. The molecule has 0 spiro atoms. The van der Waals surface area contributed by atoms with Gasteiger partial charge >= 0.3 is 0 Å². The quantitative estimate of drug-likeness (QED) is 0.377. The van der Waals surface area contributed by atoms with Gasteiger partial charge in [-0.15, -0.1) is 0 Å². The average molecular weight is 159 g/mol. The van der Waals surface area contributed by atoms with Crippen LogP contribution in [-0.4, -0.2) is 165 Å². The van der Waals surface area contributed by atoms with Gasteiger partial charge in [0.05, 0.1) is 0 Å². The molecule has 0 N–H and O–H groups in total. The minimum Gasteiger partial charge on any atom is 0 e. The van der Waals surface area contributed by atoms with Crippen LogP contribution in [0.5, 0.6) is 0 Å². The molecule has 0 amide bonds. The maximum absolute atomic E-state index is 0. The molecular formula is Ca3K. The van der Waals surface area contributed by atoms with Crippen molar-refractivity contribution in [3.05, 3.63) is 0 Å². The summed E-state index contributed by atoms with van der Waals surface area (Å²) >= 11 is 0. The zero-order valence-electron chi connectivity index (χ0n) is 3.12. The van der Waals surface area contributed by atoms with Gasteiger partial charge in [0.2, 0.25) is 0 Å². The van der Waals surface area contributed by atoms with Gasteiger partial charge < -0.3 is 0 Å². The molecule has 0 aliphatic heterocycles. The third-order valence-corrected chi connectivity index (χ3v) is 0. The van der Waals surface area contributed by atoms with Crippen LogP contribution in [0.1, 0.15) is 0 Å². The summed E-state index contributed by atoms with van der Waals surface area (Å²) in [5.41, 5.74) is 0. The molecule has 7 radical (unpaired) electrons. The van der Waals surface area contributed by atoms with E-state index in [2.05, 4.69) is 0 Å². The third-order valence-electron chi connectivity index (χ3n) is 0. The fourth-order valence-corrected chi connectivity index (χ4v) is 0. The molecule has 0 aromatic rings. The van der Waals surface area contributed by atoms with Gasteiger partial charge in [-0.2, -0.15) is 0 Å². The number of rotatable bonds is 0. The maximum Gasteiger partial charge on any atom is 0 e. The summed E-state index contributed by atoms with van der Waals surface area (Å²) in [7, 11) is 0. The minimum atomic E-state index is 0. The molecule has 0 aromatic heterocycles. The van der Waals surface area contributed by atoms with Gasteiger partial charge in [0.1, 0.15) is 0 Å². The molecular weight excluding hydrogens is 159 g/mol. The normalized spacial score (nSPS) is 0. The van der Waals surface area contributed by atoms with Gasteiger partial charge in [-0.3, -0.25) is 0 Å². The van der Waals surface area contributed by atoms with Gasteiger partial charge in [-0.25, -0.2) is 0 Å². The second-order valence-corrected chi connectivity index (χ2v) is 0. The monoisotopic (exact) mass is 159 g/mol. The van der Waals surface area contributed by atoms with E-state index in [0.29, 0.717) is 0 Å². The first-order chi connectivity index (χ1) is 0. The van der Waals surface area contributed by atoms with E-state index in [1.807, 2.05) is 0 Å². The standard InChI is InChI=1S/3Ca.K. The van der Waals surface area contributed by atoms with Crippen molar-refractivity contribution in [2.24, 2.45) is 0 Å². The Labute approximate surface area is 159 Å². The van der Waals surface area contributed by atoms with Crippen molar-refractivity contribution in [2.45, 2.75) is 0 Å². The zero-order valence-corrected chi connectivity index (χ0v) is 12.9. The number of hydrogen-bond donors (Lipinski definition) is 0. The van der Waals surface area contributed by atoms with E-state index in [1.54, 1.807) is 0 Å². The molecule has 0 unspecified atom stereocenters. The first-order valence-corrected chi connectivity index (χ1v) is 0. The van der Waals surface area contributed by atoms with E-state index >= 15 is 0 Å². The van der Waals surface area contributed by atoms with Crippen molar-refractivity contribution in [2.75, 3.05) is 0 Å². The van der Waals surface area contributed by atoms with Crippen LogP contribution in [0.2, 0.25) is 0 Å². The summed E-state index contributed by atoms with van der Waals surface area (Å²) in [5, 5.41) is 0. The summed E-state index contributed by atoms with van der Waals surface area (Å²) in [6.45, 7) is 0. The topological polar surface area (TPSA) is 0 Å². The fraction of sp³-hybridized carbons (Fsp3) is 0. The average Bonchev–Trinajstić information content (AvgIpc) is 0. The molecule has 0 fully saturated rings. The van der Waals surface area contributed by atoms with E-state index in [1.165, 1.54) is 0 Å². The third kappa shape index (κ3) is 10.4. The smallest absolute Gasteiger partial charge is 0 e. The Kier molecular flexibility index (Phi) is 89.7. The van der Waals surface area contributed by atoms with E-state index in [4.69, 9.17) is 0 Å². The first kappa shape index (κ1) is 22.7.